The monoisotopic (exact) mass is 380 g/mol. The second-order valence-electron chi connectivity index (χ2n) is 7.24. The molecule has 3 heteroatoms. The van der Waals surface area contributed by atoms with Crippen LogP contribution < -0.4 is 0 Å². The van der Waals surface area contributed by atoms with E-state index in [2.05, 4.69) is 6.92 Å². The maximum atomic E-state index is 12.4. The summed E-state index contributed by atoms with van der Waals surface area (Å²) in [5.74, 6) is -0.367. The first kappa shape index (κ1) is 21.9. The maximum absolute atomic E-state index is 12.4. The van der Waals surface area contributed by atoms with Gasteiger partial charge < -0.3 is 4.74 Å². The van der Waals surface area contributed by atoms with Crippen LogP contribution >= 0.6 is 0 Å². The molecule has 0 spiro atoms. The molecule has 0 aliphatic heterocycles. The Morgan fingerprint density at radius 1 is 0.643 bits per heavy atom. The molecule has 0 aliphatic carbocycles. The quantitative estimate of drug-likeness (QED) is 0.223. The Labute approximate surface area is 169 Å². The Morgan fingerprint density at radius 3 is 1.75 bits per heavy atom. The predicted molar refractivity (Wildman–Crippen MR) is 114 cm³/mol. The largest absolute Gasteiger partial charge is 0.462 e. The maximum Gasteiger partial charge on any atom is 0.338 e. The van der Waals surface area contributed by atoms with Gasteiger partial charge in [0.1, 0.15) is 0 Å². The van der Waals surface area contributed by atoms with Crippen molar-refractivity contribution in [3.63, 3.8) is 0 Å². The van der Waals surface area contributed by atoms with Crippen LogP contribution in [0.15, 0.2) is 54.6 Å². The van der Waals surface area contributed by atoms with Crippen molar-refractivity contribution in [1.29, 1.82) is 0 Å². The van der Waals surface area contributed by atoms with Gasteiger partial charge in [-0.1, -0.05) is 101 Å². The van der Waals surface area contributed by atoms with E-state index < -0.39 is 0 Å². The Balaban J connectivity index is 1.64. The molecule has 3 nitrogen and oxygen atoms in total. The molecule has 0 unspecified atom stereocenters. The molecule has 0 N–H and O–H groups in total. The summed E-state index contributed by atoms with van der Waals surface area (Å²) in [4.78, 5) is 24.5. The van der Waals surface area contributed by atoms with Gasteiger partial charge in [0.15, 0.2) is 5.78 Å². The van der Waals surface area contributed by atoms with Crippen LogP contribution in [0.5, 0.6) is 0 Å². The van der Waals surface area contributed by atoms with E-state index >= 15 is 0 Å². The number of ether oxygens (including phenoxy) is 1. The third-order valence-electron chi connectivity index (χ3n) is 4.90. The van der Waals surface area contributed by atoms with Crippen LogP contribution in [0.4, 0.5) is 0 Å². The summed E-state index contributed by atoms with van der Waals surface area (Å²) in [5.41, 5.74) is 1.70. The Hall–Kier alpha value is -2.42. The number of unbranched alkanes of at least 4 members (excludes halogenated alkanes) is 8. The Bertz CT molecular complexity index is 704. The molecule has 0 radical (unpaired) electrons. The highest BCUT2D eigenvalue weighted by Crippen LogP contribution is 2.13. The zero-order valence-corrected chi connectivity index (χ0v) is 17.0. The second kappa shape index (κ2) is 12.9. The lowest BCUT2D eigenvalue weighted by Gasteiger charge is -2.06. The van der Waals surface area contributed by atoms with Gasteiger partial charge in [0.25, 0.3) is 0 Å². The van der Waals surface area contributed by atoms with E-state index in [0.29, 0.717) is 23.3 Å². The van der Waals surface area contributed by atoms with Crippen molar-refractivity contribution in [2.75, 3.05) is 6.61 Å². The van der Waals surface area contributed by atoms with Gasteiger partial charge in [-0.3, -0.25) is 4.79 Å². The van der Waals surface area contributed by atoms with Crippen molar-refractivity contribution < 1.29 is 14.3 Å². The minimum absolute atomic E-state index is 0.0461. The highest BCUT2D eigenvalue weighted by molar-refractivity contribution is 6.09. The molecule has 0 heterocycles. The zero-order chi connectivity index (χ0) is 20.0. The minimum Gasteiger partial charge on any atom is -0.462 e. The molecule has 0 aromatic heterocycles. The summed E-state index contributed by atoms with van der Waals surface area (Å²) in [6.45, 7) is 2.69. The molecule has 0 bridgehead atoms. The van der Waals surface area contributed by atoms with Gasteiger partial charge in [-0.15, -0.1) is 0 Å². The fourth-order valence-corrected chi connectivity index (χ4v) is 3.17. The lowest BCUT2D eigenvalue weighted by Crippen LogP contribution is -2.07. The van der Waals surface area contributed by atoms with Crippen molar-refractivity contribution in [1.82, 2.24) is 0 Å². The van der Waals surface area contributed by atoms with E-state index in [9.17, 15) is 9.59 Å². The van der Waals surface area contributed by atoms with Crippen LogP contribution in [0.1, 0.15) is 91.0 Å². The minimum atomic E-state index is -0.321. The molecule has 0 aliphatic rings. The van der Waals surface area contributed by atoms with Crippen molar-refractivity contribution >= 4 is 11.8 Å². The molecule has 28 heavy (non-hydrogen) atoms. The fraction of sp³-hybridized carbons (Fsp3) is 0.440. The first-order valence-electron chi connectivity index (χ1n) is 10.6. The SMILES string of the molecule is CCCCCCCCCCCOC(=O)c1ccc(C(=O)c2ccccc2)cc1. The van der Waals surface area contributed by atoms with E-state index in [0.717, 1.165) is 12.8 Å². The average Bonchev–Trinajstić information content (AvgIpc) is 2.75. The molecular weight excluding hydrogens is 348 g/mol. The first-order valence-corrected chi connectivity index (χ1v) is 10.6. The highest BCUT2D eigenvalue weighted by atomic mass is 16.5. The summed E-state index contributed by atoms with van der Waals surface area (Å²) in [6.07, 6.45) is 11.1. The fourth-order valence-electron chi connectivity index (χ4n) is 3.17. The third-order valence-corrected chi connectivity index (χ3v) is 4.90. The first-order chi connectivity index (χ1) is 13.7. The zero-order valence-electron chi connectivity index (χ0n) is 17.0. The molecule has 2 rings (SSSR count). The average molecular weight is 381 g/mol. The number of benzene rings is 2. The molecule has 0 saturated carbocycles. The van der Waals surface area contributed by atoms with Crippen LogP contribution in [0, 0.1) is 0 Å². The smallest absolute Gasteiger partial charge is 0.338 e. The van der Waals surface area contributed by atoms with Crippen LogP contribution in [0.2, 0.25) is 0 Å². The summed E-state index contributed by atoms with van der Waals surface area (Å²) in [7, 11) is 0. The summed E-state index contributed by atoms with van der Waals surface area (Å²) < 4.78 is 5.35. The molecule has 150 valence electrons. The number of hydrogen-bond donors (Lipinski definition) is 0. The van der Waals surface area contributed by atoms with Crippen molar-refractivity contribution in [2.45, 2.75) is 64.7 Å². The van der Waals surface area contributed by atoms with Gasteiger partial charge in [0.05, 0.1) is 12.2 Å². The van der Waals surface area contributed by atoms with Gasteiger partial charge in [-0.25, -0.2) is 4.79 Å². The summed E-state index contributed by atoms with van der Waals surface area (Å²) >= 11 is 0. The van der Waals surface area contributed by atoms with Crippen LogP contribution in [-0.4, -0.2) is 18.4 Å². The Morgan fingerprint density at radius 2 is 1.14 bits per heavy atom. The number of carbonyl (C=O) groups is 2. The van der Waals surface area contributed by atoms with Gasteiger partial charge in [0, 0.05) is 11.1 Å². The van der Waals surface area contributed by atoms with E-state index in [4.69, 9.17) is 4.74 Å². The van der Waals surface area contributed by atoms with Crippen LogP contribution in [0.25, 0.3) is 0 Å². The van der Waals surface area contributed by atoms with E-state index in [1.807, 2.05) is 18.2 Å². The van der Waals surface area contributed by atoms with Gasteiger partial charge >= 0.3 is 5.97 Å². The van der Waals surface area contributed by atoms with Crippen molar-refractivity contribution in [3.05, 3.63) is 71.3 Å². The number of carbonyl (C=O) groups excluding carboxylic acids is 2. The van der Waals surface area contributed by atoms with Crippen molar-refractivity contribution in [3.8, 4) is 0 Å². The molecule has 0 saturated heterocycles. The molecule has 0 fully saturated rings. The summed E-state index contributed by atoms with van der Waals surface area (Å²) in [5, 5.41) is 0. The standard InChI is InChI=1S/C25H32O3/c1-2-3-4-5-6-7-8-9-13-20-28-25(27)23-18-16-22(17-19-23)24(26)21-14-11-10-12-15-21/h10-12,14-19H,2-9,13,20H2,1H3. The normalized spacial score (nSPS) is 10.6. The van der Waals surface area contributed by atoms with Gasteiger partial charge in [-0.05, 0) is 18.6 Å². The van der Waals surface area contributed by atoms with Gasteiger partial charge in [-0.2, -0.15) is 0 Å². The Kier molecular flexibility index (Phi) is 10.1. The number of rotatable bonds is 13. The topological polar surface area (TPSA) is 43.4 Å². The highest BCUT2D eigenvalue weighted by Gasteiger charge is 2.11. The van der Waals surface area contributed by atoms with E-state index in [1.54, 1.807) is 36.4 Å². The lowest BCUT2D eigenvalue weighted by molar-refractivity contribution is 0.0497. The second-order valence-corrected chi connectivity index (χ2v) is 7.24. The van der Waals surface area contributed by atoms with Crippen LogP contribution in [-0.2, 0) is 4.74 Å². The van der Waals surface area contributed by atoms with E-state index in [-0.39, 0.29) is 11.8 Å². The lowest BCUT2D eigenvalue weighted by atomic mass is 10.0. The predicted octanol–water partition coefficient (Wildman–Crippen LogP) is 6.61. The molecule has 2 aromatic carbocycles. The molecule has 0 amide bonds. The van der Waals surface area contributed by atoms with Crippen LogP contribution in [0.3, 0.4) is 0 Å². The molecule has 0 atom stereocenters. The molecule has 2 aromatic rings. The number of hydrogen-bond acceptors (Lipinski definition) is 3. The number of esters is 1. The summed E-state index contributed by atoms with van der Waals surface area (Å²) in [6, 6.07) is 15.8. The van der Waals surface area contributed by atoms with E-state index in [1.165, 1.54) is 44.9 Å². The molecular formula is C25H32O3. The van der Waals surface area contributed by atoms with Gasteiger partial charge in [0.2, 0.25) is 0 Å². The third kappa shape index (κ3) is 7.67. The van der Waals surface area contributed by atoms with Crippen molar-refractivity contribution in [2.24, 2.45) is 0 Å². The number of ketones is 1.